The maximum atomic E-state index is 6.83. The summed E-state index contributed by atoms with van der Waals surface area (Å²) in [6.07, 6.45) is 2.02. The van der Waals surface area contributed by atoms with Crippen LogP contribution >= 0.6 is 0 Å². The van der Waals surface area contributed by atoms with E-state index in [0.29, 0.717) is 0 Å². The molecule has 0 fully saturated rings. The van der Waals surface area contributed by atoms with Crippen LogP contribution in [0.4, 0.5) is 11.4 Å². The summed E-state index contributed by atoms with van der Waals surface area (Å²) in [7, 11) is 2.13. The number of hydrogen-bond donors (Lipinski definition) is 0. The Labute approximate surface area is 185 Å². The fraction of sp³-hybridized carbons (Fsp3) is 0.370. The van der Waals surface area contributed by atoms with E-state index in [0.717, 1.165) is 36.5 Å². The van der Waals surface area contributed by atoms with Crippen LogP contribution in [0, 0.1) is 0 Å². The van der Waals surface area contributed by atoms with Crippen LogP contribution in [0.5, 0.6) is 5.75 Å². The van der Waals surface area contributed by atoms with E-state index < -0.39 is 5.72 Å². The van der Waals surface area contributed by atoms with Crippen molar-refractivity contribution in [1.29, 1.82) is 0 Å². The van der Waals surface area contributed by atoms with Gasteiger partial charge >= 0.3 is 0 Å². The Morgan fingerprint density at radius 2 is 1.77 bits per heavy atom. The zero-order valence-electron chi connectivity index (χ0n) is 19.1. The molecular formula is C27H31N3O. The smallest absolute Gasteiger partial charge is 0.228 e. The zero-order valence-corrected chi connectivity index (χ0v) is 19.1. The summed E-state index contributed by atoms with van der Waals surface area (Å²) in [6.45, 7) is 12.0. The van der Waals surface area contributed by atoms with Crippen molar-refractivity contribution < 1.29 is 4.74 Å². The van der Waals surface area contributed by atoms with Gasteiger partial charge in [-0.1, -0.05) is 56.3 Å². The van der Waals surface area contributed by atoms with Crippen LogP contribution in [0.15, 0.2) is 59.6 Å². The highest BCUT2D eigenvalue weighted by Crippen LogP contribution is 2.54. The third-order valence-electron chi connectivity index (χ3n) is 7.29. The second kappa shape index (κ2) is 7.10. The predicted molar refractivity (Wildman–Crippen MR) is 130 cm³/mol. The fourth-order valence-electron chi connectivity index (χ4n) is 5.22. The first kappa shape index (κ1) is 20.1. The number of ether oxygens (including phenoxy) is 1. The van der Waals surface area contributed by atoms with Gasteiger partial charge in [0.1, 0.15) is 11.4 Å². The highest BCUT2D eigenvalue weighted by Gasteiger charge is 2.58. The molecule has 0 saturated carbocycles. The average molecular weight is 414 g/mol. The van der Waals surface area contributed by atoms with Crippen LogP contribution in [0.3, 0.4) is 0 Å². The number of aliphatic imine (C=N–C) groups is 1. The van der Waals surface area contributed by atoms with Crippen molar-refractivity contribution in [3.8, 4) is 5.75 Å². The van der Waals surface area contributed by atoms with Gasteiger partial charge in [-0.3, -0.25) is 9.89 Å². The molecule has 4 heteroatoms. The molecule has 0 bridgehead atoms. The molecule has 160 valence electrons. The van der Waals surface area contributed by atoms with Crippen molar-refractivity contribution in [1.82, 2.24) is 4.90 Å². The molecule has 0 aromatic heterocycles. The van der Waals surface area contributed by atoms with Gasteiger partial charge in [0.2, 0.25) is 5.72 Å². The molecule has 0 aliphatic carbocycles. The number of benzene rings is 3. The summed E-state index contributed by atoms with van der Waals surface area (Å²) >= 11 is 0. The van der Waals surface area contributed by atoms with Gasteiger partial charge in [-0.25, -0.2) is 0 Å². The lowest BCUT2D eigenvalue weighted by atomic mass is 9.77. The standard InChI is InChI=1S/C27H31N3O/c1-6-30(7-2)17-19-12-14-22-23(16-19)29(5)27(26(22,3)4)18-28-25-21-11-9-8-10-20(21)13-15-24(25)31-27/h8-16,18H,6-7,17H2,1-5H3. The Morgan fingerprint density at radius 1 is 1.00 bits per heavy atom. The number of anilines is 1. The first-order chi connectivity index (χ1) is 14.9. The second-order valence-corrected chi connectivity index (χ2v) is 9.19. The molecule has 0 N–H and O–H groups in total. The fourth-order valence-corrected chi connectivity index (χ4v) is 5.22. The first-order valence-corrected chi connectivity index (χ1v) is 11.3. The van der Waals surface area contributed by atoms with Crippen LogP contribution in [0.25, 0.3) is 10.8 Å². The van der Waals surface area contributed by atoms with Gasteiger partial charge in [-0.05, 0) is 55.6 Å². The molecule has 2 aliphatic heterocycles. The van der Waals surface area contributed by atoms with E-state index in [9.17, 15) is 0 Å². The Bertz CT molecular complexity index is 1180. The van der Waals surface area contributed by atoms with Crippen molar-refractivity contribution in [3.05, 3.63) is 65.7 Å². The van der Waals surface area contributed by atoms with E-state index >= 15 is 0 Å². The molecule has 1 unspecified atom stereocenters. The maximum Gasteiger partial charge on any atom is 0.228 e. The van der Waals surface area contributed by atoms with E-state index in [1.807, 2.05) is 6.21 Å². The summed E-state index contributed by atoms with van der Waals surface area (Å²) in [6, 6.07) is 19.4. The summed E-state index contributed by atoms with van der Waals surface area (Å²) in [5.41, 5.74) is 3.88. The SMILES string of the molecule is CCN(CC)Cc1ccc2c(c1)N(C)C1(C=Nc3c(ccc4ccccc34)O1)C2(C)C. The monoisotopic (exact) mass is 413 g/mol. The number of fused-ring (bicyclic) bond motifs is 4. The first-order valence-electron chi connectivity index (χ1n) is 11.3. The number of nitrogens with zero attached hydrogens (tertiary/aromatic N) is 3. The van der Waals surface area contributed by atoms with Crippen molar-refractivity contribution in [2.45, 2.75) is 45.4 Å². The molecule has 3 aromatic rings. The minimum Gasteiger partial charge on any atom is -0.459 e. The lowest BCUT2D eigenvalue weighted by Gasteiger charge is -2.45. The van der Waals surface area contributed by atoms with Gasteiger partial charge in [-0.2, -0.15) is 0 Å². The normalized spacial score (nSPS) is 20.9. The highest BCUT2D eigenvalue weighted by atomic mass is 16.5. The lowest BCUT2D eigenvalue weighted by Crippen LogP contribution is -2.61. The van der Waals surface area contributed by atoms with Gasteiger partial charge in [0.25, 0.3) is 0 Å². The molecule has 0 amide bonds. The number of rotatable bonds is 4. The topological polar surface area (TPSA) is 28.1 Å². The summed E-state index contributed by atoms with van der Waals surface area (Å²) in [4.78, 5) is 9.70. The minimum atomic E-state index is -0.654. The second-order valence-electron chi connectivity index (χ2n) is 9.19. The van der Waals surface area contributed by atoms with Gasteiger partial charge in [0.15, 0.2) is 0 Å². The predicted octanol–water partition coefficient (Wildman–Crippen LogP) is 5.90. The van der Waals surface area contributed by atoms with Crippen LogP contribution in [0.2, 0.25) is 0 Å². The Hall–Kier alpha value is -2.85. The van der Waals surface area contributed by atoms with Crippen LogP contribution in [0.1, 0.15) is 38.8 Å². The quantitative estimate of drug-likeness (QED) is 0.533. The summed E-state index contributed by atoms with van der Waals surface area (Å²) < 4.78 is 6.83. The van der Waals surface area contributed by atoms with Crippen LogP contribution in [-0.4, -0.2) is 37.0 Å². The minimum absolute atomic E-state index is 0.252. The van der Waals surface area contributed by atoms with E-state index in [4.69, 9.17) is 9.73 Å². The largest absolute Gasteiger partial charge is 0.459 e. The summed E-state index contributed by atoms with van der Waals surface area (Å²) in [5, 5.41) is 2.31. The van der Waals surface area contributed by atoms with Crippen molar-refractivity contribution in [2.24, 2.45) is 4.99 Å². The molecule has 31 heavy (non-hydrogen) atoms. The Balaban J connectivity index is 1.57. The molecule has 1 atom stereocenters. The third-order valence-corrected chi connectivity index (χ3v) is 7.29. The maximum absolute atomic E-state index is 6.83. The Morgan fingerprint density at radius 3 is 2.55 bits per heavy atom. The van der Waals surface area contributed by atoms with Crippen molar-refractivity contribution in [3.63, 3.8) is 0 Å². The van der Waals surface area contributed by atoms with Gasteiger partial charge in [-0.15, -0.1) is 0 Å². The molecule has 2 heterocycles. The van der Waals surface area contributed by atoms with Crippen LogP contribution < -0.4 is 9.64 Å². The number of hydrogen-bond acceptors (Lipinski definition) is 4. The summed E-state index contributed by atoms with van der Waals surface area (Å²) in [5.74, 6) is 0.845. The van der Waals surface area contributed by atoms with E-state index in [1.54, 1.807) is 0 Å². The molecule has 2 aliphatic rings. The van der Waals surface area contributed by atoms with Gasteiger partial charge in [0, 0.05) is 24.7 Å². The van der Waals surface area contributed by atoms with Crippen molar-refractivity contribution >= 4 is 28.4 Å². The molecule has 3 aromatic carbocycles. The van der Waals surface area contributed by atoms with Crippen molar-refractivity contribution in [2.75, 3.05) is 25.0 Å². The van der Waals surface area contributed by atoms with Gasteiger partial charge in [0.05, 0.1) is 11.6 Å². The zero-order chi connectivity index (χ0) is 21.8. The molecule has 0 radical (unpaired) electrons. The van der Waals surface area contributed by atoms with E-state index in [2.05, 4.69) is 99.1 Å². The molecule has 1 spiro atoms. The molecule has 0 saturated heterocycles. The van der Waals surface area contributed by atoms with Gasteiger partial charge < -0.3 is 9.64 Å². The lowest BCUT2D eigenvalue weighted by molar-refractivity contribution is 0.0826. The highest BCUT2D eigenvalue weighted by molar-refractivity contribution is 5.99. The van der Waals surface area contributed by atoms with E-state index in [-0.39, 0.29) is 5.41 Å². The molecular weight excluding hydrogens is 382 g/mol. The third kappa shape index (κ3) is 2.81. The van der Waals surface area contributed by atoms with E-state index in [1.165, 1.54) is 22.2 Å². The number of likely N-dealkylation sites (N-methyl/N-ethyl adjacent to an activating group) is 1. The van der Waals surface area contributed by atoms with Crippen LogP contribution in [-0.2, 0) is 12.0 Å². The average Bonchev–Trinajstić information content (AvgIpc) is 2.95. The molecule has 4 nitrogen and oxygen atoms in total. The molecule has 5 rings (SSSR count). The Kier molecular flexibility index (Phi) is 4.60.